The van der Waals surface area contributed by atoms with Gasteiger partial charge in [-0.3, -0.25) is 4.90 Å². The SMILES string of the molecule is OCc1cccc2c(CSCCN3CCC4=C(C3)C(O)c3ccccc34)c[nH]c12. The summed E-state index contributed by atoms with van der Waals surface area (Å²) < 4.78 is 0. The van der Waals surface area contributed by atoms with Gasteiger partial charge in [0.2, 0.25) is 0 Å². The van der Waals surface area contributed by atoms with E-state index in [0.29, 0.717) is 0 Å². The summed E-state index contributed by atoms with van der Waals surface area (Å²) in [4.78, 5) is 5.79. The van der Waals surface area contributed by atoms with Gasteiger partial charge in [-0.25, -0.2) is 0 Å². The number of aliphatic hydroxyl groups is 2. The number of fused-ring (bicyclic) bond motifs is 3. The van der Waals surface area contributed by atoms with E-state index in [9.17, 15) is 10.2 Å². The number of benzene rings is 2. The molecule has 2 heterocycles. The van der Waals surface area contributed by atoms with Gasteiger partial charge in [-0.2, -0.15) is 11.8 Å². The third-order valence-electron chi connectivity index (χ3n) is 6.24. The normalized spacial score (nSPS) is 19.0. The average molecular weight is 407 g/mol. The minimum Gasteiger partial charge on any atom is -0.392 e. The van der Waals surface area contributed by atoms with Crippen LogP contribution in [-0.4, -0.2) is 45.5 Å². The molecule has 29 heavy (non-hydrogen) atoms. The smallest absolute Gasteiger partial charge is 0.102 e. The molecule has 1 aliphatic carbocycles. The minimum absolute atomic E-state index is 0.0625. The fraction of sp³-hybridized carbons (Fsp3) is 0.333. The summed E-state index contributed by atoms with van der Waals surface area (Å²) in [5.41, 5.74) is 8.21. The van der Waals surface area contributed by atoms with Gasteiger partial charge in [0.25, 0.3) is 0 Å². The van der Waals surface area contributed by atoms with Crippen molar-refractivity contribution in [2.24, 2.45) is 0 Å². The van der Waals surface area contributed by atoms with Crippen LogP contribution in [0.25, 0.3) is 16.5 Å². The van der Waals surface area contributed by atoms with E-state index in [2.05, 4.69) is 40.3 Å². The number of nitrogens with zero attached hydrogens (tertiary/aromatic N) is 1. The number of para-hydroxylation sites is 1. The van der Waals surface area contributed by atoms with Gasteiger partial charge in [-0.1, -0.05) is 42.5 Å². The Labute approximate surface area is 175 Å². The first kappa shape index (κ1) is 18.9. The van der Waals surface area contributed by atoms with Gasteiger partial charge >= 0.3 is 0 Å². The number of thioether (sulfide) groups is 1. The lowest BCUT2D eigenvalue weighted by atomic mass is 9.99. The van der Waals surface area contributed by atoms with Crippen LogP contribution in [-0.2, 0) is 12.4 Å². The van der Waals surface area contributed by atoms with Gasteiger partial charge in [-0.15, -0.1) is 0 Å². The molecular weight excluding hydrogens is 380 g/mol. The molecule has 3 aromatic rings. The summed E-state index contributed by atoms with van der Waals surface area (Å²) in [6, 6.07) is 14.4. The third-order valence-corrected chi connectivity index (χ3v) is 7.22. The molecule has 1 aliphatic heterocycles. The van der Waals surface area contributed by atoms with E-state index < -0.39 is 6.10 Å². The van der Waals surface area contributed by atoms with Gasteiger partial charge < -0.3 is 15.2 Å². The molecule has 5 heteroatoms. The molecule has 150 valence electrons. The van der Waals surface area contributed by atoms with Crippen molar-refractivity contribution in [3.63, 3.8) is 0 Å². The number of aromatic amines is 1. The number of rotatable bonds is 6. The molecule has 0 amide bonds. The van der Waals surface area contributed by atoms with Crippen molar-refractivity contribution in [1.82, 2.24) is 9.88 Å². The fourth-order valence-electron chi connectivity index (χ4n) is 4.70. The van der Waals surface area contributed by atoms with E-state index >= 15 is 0 Å². The molecule has 4 nitrogen and oxygen atoms in total. The Hall–Kier alpha value is -2.05. The number of hydrogen-bond donors (Lipinski definition) is 3. The third kappa shape index (κ3) is 3.42. The fourth-order valence-corrected chi connectivity index (χ4v) is 5.69. The Morgan fingerprint density at radius 3 is 2.90 bits per heavy atom. The maximum Gasteiger partial charge on any atom is 0.102 e. The van der Waals surface area contributed by atoms with Crippen molar-refractivity contribution in [1.29, 1.82) is 0 Å². The summed E-state index contributed by atoms with van der Waals surface area (Å²) in [5, 5.41) is 21.4. The first-order chi connectivity index (χ1) is 14.3. The minimum atomic E-state index is -0.427. The molecule has 2 aromatic carbocycles. The van der Waals surface area contributed by atoms with Crippen LogP contribution in [0.4, 0.5) is 0 Å². The molecule has 0 fully saturated rings. The Kier molecular flexibility index (Phi) is 5.22. The number of hydrogen-bond acceptors (Lipinski definition) is 4. The van der Waals surface area contributed by atoms with Crippen molar-refractivity contribution < 1.29 is 10.2 Å². The van der Waals surface area contributed by atoms with Crippen LogP contribution in [0, 0.1) is 0 Å². The Balaban J connectivity index is 1.17. The van der Waals surface area contributed by atoms with Gasteiger partial charge in [0, 0.05) is 48.3 Å². The van der Waals surface area contributed by atoms with E-state index in [1.54, 1.807) is 0 Å². The summed E-state index contributed by atoms with van der Waals surface area (Å²) in [7, 11) is 0. The monoisotopic (exact) mass is 406 g/mol. The molecule has 3 N–H and O–H groups in total. The molecule has 0 saturated carbocycles. The molecule has 0 radical (unpaired) electrons. The quantitative estimate of drug-likeness (QED) is 0.540. The molecule has 0 spiro atoms. The highest BCUT2D eigenvalue weighted by Gasteiger charge is 2.32. The maximum atomic E-state index is 10.7. The van der Waals surface area contributed by atoms with Gasteiger partial charge in [0.1, 0.15) is 6.10 Å². The number of H-pyrrole nitrogens is 1. The first-order valence-electron chi connectivity index (χ1n) is 10.2. The predicted octanol–water partition coefficient (Wildman–Crippen LogP) is 4.10. The lowest BCUT2D eigenvalue weighted by Gasteiger charge is -2.29. The number of nitrogens with one attached hydrogen (secondary N) is 1. The summed E-state index contributed by atoms with van der Waals surface area (Å²) in [5.74, 6) is 2.03. The molecule has 1 atom stereocenters. The van der Waals surface area contributed by atoms with E-state index in [0.717, 1.165) is 54.2 Å². The lowest BCUT2D eigenvalue weighted by molar-refractivity contribution is 0.197. The topological polar surface area (TPSA) is 59.5 Å². The molecule has 1 unspecified atom stereocenters. The highest BCUT2D eigenvalue weighted by atomic mass is 32.2. The second-order valence-corrected chi connectivity index (χ2v) is 8.99. The van der Waals surface area contributed by atoms with Crippen LogP contribution in [0.2, 0.25) is 0 Å². The summed E-state index contributed by atoms with van der Waals surface area (Å²) in [6.07, 6.45) is 2.67. The van der Waals surface area contributed by atoms with Crippen molar-refractivity contribution in [2.45, 2.75) is 24.9 Å². The molecule has 5 rings (SSSR count). The van der Waals surface area contributed by atoms with Gasteiger partial charge in [-0.05, 0) is 34.3 Å². The van der Waals surface area contributed by atoms with Crippen LogP contribution in [0.3, 0.4) is 0 Å². The Morgan fingerprint density at radius 2 is 2.00 bits per heavy atom. The average Bonchev–Trinajstić information content (AvgIpc) is 3.31. The Morgan fingerprint density at radius 1 is 1.10 bits per heavy atom. The van der Waals surface area contributed by atoms with Gasteiger partial charge in [0.05, 0.1) is 12.1 Å². The van der Waals surface area contributed by atoms with Crippen molar-refractivity contribution in [3.05, 3.63) is 76.5 Å². The van der Waals surface area contributed by atoms with Crippen molar-refractivity contribution in [3.8, 4) is 0 Å². The Bertz CT molecular complexity index is 1070. The van der Waals surface area contributed by atoms with Crippen LogP contribution in [0.5, 0.6) is 0 Å². The molecule has 0 bridgehead atoms. The highest BCUT2D eigenvalue weighted by molar-refractivity contribution is 7.98. The van der Waals surface area contributed by atoms with Crippen molar-refractivity contribution in [2.75, 3.05) is 25.4 Å². The lowest BCUT2D eigenvalue weighted by Crippen LogP contribution is -2.33. The van der Waals surface area contributed by atoms with Crippen LogP contribution in [0.15, 0.2) is 54.2 Å². The van der Waals surface area contributed by atoms with E-state index in [-0.39, 0.29) is 6.61 Å². The van der Waals surface area contributed by atoms with Crippen molar-refractivity contribution >= 4 is 28.2 Å². The van der Waals surface area contributed by atoms with Crippen LogP contribution in [0.1, 0.15) is 34.8 Å². The van der Waals surface area contributed by atoms with E-state index in [4.69, 9.17) is 0 Å². The highest BCUT2D eigenvalue weighted by Crippen LogP contribution is 2.44. The van der Waals surface area contributed by atoms with E-state index in [1.165, 1.54) is 27.7 Å². The van der Waals surface area contributed by atoms with E-state index in [1.807, 2.05) is 30.0 Å². The molecule has 0 saturated heterocycles. The number of aromatic nitrogens is 1. The maximum absolute atomic E-state index is 10.7. The molecule has 2 aliphatic rings. The van der Waals surface area contributed by atoms with Crippen LogP contribution < -0.4 is 0 Å². The van der Waals surface area contributed by atoms with Crippen LogP contribution >= 0.6 is 11.8 Å². The van der Waals surface area contributed by atoms with Gasteiger partial charge in [0.15, 0.2) is 0 Å². The first-order valence-corrected chi connectivity index (χ1v) is 11.4. The second kappa shape index (κ2) is 8.00. The predicted molar refractivity (Wildman–Crippen MR) is 120 cm³/mol. The second-order valence-electron chi connectivity index (χ2n) is 7.88. The zero-order valence-electron chi connectivity index (χ0n) is 16.4. The zero-order chi connectivity index (χ0) is 19.8. The molecule has 1 aromatic heterocycles. The summed E-state index contributed by atoms with van der Waals surface area (Å²) in [6.45, 7) is 3.04. The number of aliphatic hydroxyl groups excluding tert-OH is 2. The standard InChI is InChI=1S/C24H26N2O2S/c27-14-16-4-3-7-18-17(12-25-23(16)18)15-29-11-10-26-9-8-20-19-5-1-2-6-21(19)24(28)22(20)13-26/h1-7,12,24-25,27-28H,8-11,13-15H2. The largest absolute Gasteiger partial charge is 0.392 e. The molecular formula is C24H26N2O2S. The zero-order valence-corrected chi connectivity index (χ0v) is 17.2. The summed E-state index contributed by atoms with van der Waals surface area (Å²) >= 11 is 1.94.